The van der Waals surface area contributed by atoms with Gasteiger partial charge in [0.25, 0.3) is 0 Å². The molecule has 4 nitrogen and oxygen atoms in total. The largest absolute Gasteiger partial charge is 0.343 e. The second kappa shape index (κ2) is 8.35. The molecule has 2 heterocycles. The molecule has 138 valence electrons. The van der Waals surface area contributed by atoms with Crippen molar-refractivity contribution in [1.82, 2.24) is 14.7 Å². The van der Waals surface area contributed by atoms with Gasteiger partial charge in [0.05, 0.1) is 0 Å². The number of carbonyl (C=O) groups excluding carboxylic acids is 1. The topological polar surface area (TPSA) is 26.8 Å². The minimum Gasteiger partial charge on any atom is -0.343 e. The second-order valence-electron chi connectivity index (χ2n) is 7.55. The van der Waals surface area contributed by atoms with Crippen LogP contribution in [0.1, 0.15) is 45.2 Å². The SMILES string of the molecule is CC(=O)N1CCC(N2CCN([C@@H](C)c3ccc(I)cc3)[C@@H](C)C2)CC1. The van der Waals surface area contributed by atoms with Crippen molar-refractivity contribution in [3.05, 3.63) is 33.4 Å². The predicted octanol–water partition coefficient (Wildman–Crippen LogP) is 3.37. The van der Waals surface area contributed by atoms with Crippen LogP contribution >= 0.6 is 22.6 Å². The zero-order valence-electron chi connectivity index (χ0n) is 15.6. The van der Waals surface area contributed by atoms with Crippen LogP contribution < -0.4 is 0 Å². The summed E-state index contributed by atoms with van der Waals surface area (Å²) in [5, 5.41) is 0. The standard InChI is InChI=1S/C20H30IN3O/c1-15-14-23(20-8-10-22(11-9-20)17(3)25)12-13-24(15)16(2)18-4-6-19(21)7-5-18/h4-7,15-16,20H,8-14H2,1-3H3/t15-,16-/m0/s1. The van der Waals surface area contributed by atoms with E-state index in [-0.39, 0.29) is 5.91 Å². The van der Waals surface area contributed by atoms with Gasteiger partial charge in [0.2, 0.25) is 5.91 Å². The normalized spacial score (nSPS) is 25.1. The van der Waals surface area contributed by atoms with E-state index < -0.39 is 0 Å². The number of nitrogens with zero attached hydrogens (tertiary/aromatic N) is 3. The van der Waals surface area contributed by atoms with Gasteiger partial charge in [-0.2, -0.15) is 0 Å². The minimum atomic E-state index is 0.225. The molecule has 1 amide bonds. The van der Waals surface area contributed by atoms with Crippen molar-refractivity contribution >= 4 is 28.5 Å². The first-order valence-electron chi connectivity index (χ1n) is 9.46. The van der Waals surface area contributed by atoms with Crippen LogP contribution in [0.3, 0.4) is 0 Å². The Morgan fingerprint density at radius 3 is 2.32 bits per heavy atom. The van der Waals surface area contributed by atoms with Crippen molar-refractivity contribution < 1.29 is 4.79 Å². The zero-order chi connectivity index (χ0) is 18.0. The van der Waals surface area contributed by atoms with Crippen LogP contribution in [0.5, 0.6) is 0 Å². The van der Waals surface area contributed by atoms with Crippen LogP contribution in [0.25, 0.3) is 0 Å². The molecule has 3 rings (SSSR count). The Balaban J connectivity index is 1.55. The van der Waals surface area contributed by atoms with Gasteiger partial charge in [0.15, 0.2) is 0 Å². The van der Waals surface area contributed by atoms with Gasteiger partial charge in [-0.25, -0.2) is 0 Å². The van der Waals surface area contributed by atoms with E-state index in [0.29, 0.717) is 18.1 Å². The van der Waals surface area contributed by atoms with Crippen molar-refractivity contribution in [3.8, 4) is 0 Å². The molecule has 2 aliphatic heterocycles. The molecule has 2 aliphatic rings. The van der Waals surface area contributed by atoms with Crippen molar-refractivity contribution in [2.45, 2.75) is 51.7 Å². The maximum absolute atomic E-state index is 11.5. The highest BCUT2D eigenvalue weighted by molar-refractivity contribution is 14.1. The fourth-order valence-electron chi connectivity index (χ4n) is 4.39. The highest BCUT2D eigenvalue weighted by atomic mass is 127. The molecule has 0 unspecified atom stereocenters. The molecule has 0 radical (unpaired) electrons. The van der Waals surface area contributed by atoms with Gasteiger partial charge in [-0.15, -0.1) is 0 Å². The third-order valence-corrected chi connectivity index (χ3v) is 6.71. The lowest BCUT2D eigenvalue weighted by Crippen LogP contribution is -2.57. The number of rotatable bonds is 3. The molecule has 0 aromatic heterocycles. The Bertz CT molecular complexity index is 583. The number of halogens is 1. The van der Waals surface area contributed by atoms with E-state index in [9.17, 15) is 4.79 Å². The van der Waals surface area contributed by atoms with Crippen LogP contribution in [0.15, 0.2) is 24.3 Å². The van der Waals surface area contributed by atoms with Crippen LogP contribution in [-0.2, 0) is 4.79 Å². The first-order chi connectivity index (χ1) is 12.0. The number of hydrogen-bond acceptors (Lipinski definition) is 3. The summed E-state index contributed by atoms with van der Waals surface area (Å²) in [5.74, 6) is 0.225. The van der Waals surface area contributed by atoms with Gasteiger partial charge in [0, 0.05) is 61.3 Å². The fraction of sp³-hybridized carbons (Fsp3) is 0.650. The lowest BCUT2D eigenvalue weighted by Gasteiger charge is -2.47. The predicted molar refractivity (Wildman–Crippen MR) is 111 cm³/mol. The molecule has 2 saturated heterocycles. The summed E-state index contributed by atoms with van der Waals surface area (Å²) in [6.45, 7) is 11.6. The average molecular weight is 455 g/mol. The summed E-state index contributed by atoms with van der Waals surface area (Å²) < 4.78 is 1.29. The third-order valence-electron chi connectivity index (χ3n) is 5.99. The Morgan fingerprint density at radius 2 is 1.76 bits per heavy atom. The van der Waals surface area contributed by atoms with Gasteiger partial charge in [-0.3, -0.25) is 14.6 Å². The molecule has 5 heteroatoms. The Labute approximate surface area is 165 Å². The molecule has 0 bridgehead atoms. The highest BCUT2D eigenvalue weighted by Crippen LogP contribution is 2.27. The molecule has 1 aromatic carbocycles. The van der Waals surface area contributed by atoms with Gasteiger partial charge in [0.1, 0.15) is 0 Å². The average Bonchev–Trinajstić information content (AvgIpc) is 2.62. The minimum absolute atomic E-state index is 0.225. The highest BCUT2D eigenvalue weighted by Gasteiger charge is 2.33. The van der Waals surface area contributed by atoms with E-state index in [1.54, 1.807) is 6.92 Å². The van der Waals surface area contributed by atoms with Gasteiger partial charge >= 0.3 is 0 Å². The first kappa shape index (κ1) is 19.1. The van der Waals surface area contributed by atoms with Crippen LogP contribution in [-0.4, -0.2) is 65.4 Å². The number of hydrogen-bond donors (Lipinski definition) is 0. The van der Waals surface area contributed by atoms with Crippen LogP contribution in [0.2, 0.25) is 0 Å². The molecule has 0 spiro atoms. The summed E-state index contributed by atoms with van der Waals surface area (Å²) >= 11 is 2.37. The van der Waals surface area contributed by atoms with Gasteiger partial charge in [-0.05, 0) is 67.0 Å². The summed E-state index contributed by atoms with van der Waals surface area (Å²) in [6, 6.07) is 10.6. The Morgan fingerprint density at radius 1 is 1.12 bits per heavy atom. The number of piperidine rings is 1. The quantitative estimate of drug-likeness (QED) is 0.655. The molecule has 2 atom stereocenters. The molecule has 0 aliphatic carbocycles. The van der Waals surface area contributed by atoms with E-state index in [1.807, 2.05) is 4.90 Å². The number of likely N-dealkylation sites (tertiary alicyclic amines) is 1. The maximum Gasteiger partial charge on any atom is 0.219 e. The fourth-order valence-corrected chi connectivity index (χ4v) is 4.75. The van der Waals surface area contributed by atoms with Crippen molar-refractivity contribution in [1.29, 1.82) is 0 Å². The van der Waals surface area contributed by atoms with Gasteiger partial charge in [-0.1, -0.05) is 12.1 Å². The lowest BCUT2D eigenvalue weighted by molar-refractivity contribution is -0.130. The number of benzene rings is 1. The monoisotopic (exact) mass is 455 g/mol. The van der Waals surface area contributed by atoms with Gasteiger partial charge < -0.3 is 4.90 Å². The lowest BCUT2D eigenvalue weighted by atomic mass is 9.99. The smallest absolute Gasteiger partial charge is 0.219 e. The van der Waals surface area contributed by atoms with Crippen LogP contribution in [0, 0.1) is 3.57 Å². The first-order valence-corrected chi connectivity index (χ1v) is 10.5. The Hall–Kier alpha value is -0.660. The van der Waals surface area contributed by atoms with E-state index in [0.717, 1.165) is 45.6 Å². The molecule has 0 N–H and O–H groups in total. The zero-order valence-corrected chi connectivity index (χ0v) is 17.8. The molecule has 2 fully saturated rings. The van der Waals surface area contributed by atoms with Crippen molar-refractivity contribution in [3.63, 3.8) is 0 Å². The second-order valence-corrected chi connectivity index (χ2v) is 8.79. The number of amides is 1. The summed E-state index contributed by atoms with van der Waals surface area (Å²) in [4.78, 5) is 18.8. The molecule has 1 aromatic rings. The molecular weight excluding hydrogens is 425 g/mol. The van der Waals surface area contributed by atoms with E-state index in [2.05, 4.69) is 70.5 Å². The third kappa shape index (κ3) is 4.55. The number of piperazine rings is 1. The van der Waals surface area contributed by atoms with Crippen molar-refractivity contribution in [2.24, 2.45) is 0 Å². The van der Waals surface area contributed by atoms with Crippen LogP contribution in [0.4, 0.5) is 0 Å². The van der Waals surface area contributed by atoms with E-state index >= 15 is 0 Å². The van der Waals surface area contributed by atoms with E-state index in [1.165, 1.54) is 9.13 Å². The molecule has 25 heavy (non-hydrogen) atoms. The molecule has 0 saturated carbocycles. The Kier molecular flexibility index (Phi) is 6.39. The summed E-state index contributed by atoms with van der Waals surface area (Å²) in [6.07, 6.45) is 2.25. The summed E-state index contributed by atoms with van der Waals surface area (Å²) in [7, 11) is 0. The molecular formula is C20H30IN3O. The van der Waals surface area contributed by atoms with E-state index in [4.69, 9.17) is 0 Å². The maximum atomic E-state index is 11.5. The van der Waals surface area contributed by atoms with Crippen molar-refractivity contribution in [2.75, 3.05) is 32.7 Å². The summed E-state index contributed by atoms with van der Waals surface area (Å²) in [5.41, 5.74) is 1.41. The number of carbonyl (C=O) groups is 1.